The normalized spacial score (nSPS) is 11.9. The maximum Gasteiger partial charge on any atom is 0.418 e. The van der Waals surface area contributed by atoms with E-state index >= 15 is 0 Å². The molecule has 9 nitrogen and oxygen atoms in total. The Morgan fingerprint density at radius 1 is 0.977 bits per heavy atom. The van der Waals surface area contributed by atoms with Gasteiger partial charge in [0, 0.05) is 23.0 Å². The number of methoxy groups -OCH3 is 2. The fraction of sp³-hybridized carbons (Fsp3) is 0.200. The SMILES string of the molecule is COc1ccc(OC)c(N(CC(=O)N/N=C\c2cc(C)n(-c3ccccc3C(F)(F)F)c2C)S(=O)(=O)c2ccccc2)c1. The maximum atomic E-state index is 13.7. The molecular weight excluding hydrogens is 585 g/mol. The van der Waals surface area contributed by atoms with Crippen LogP contribution in [-0.4, -0.2) is 45.9 Å². The maximum absolute atomic E-state index is 13.7. The van der Waals surface area contributed by atoms with Crippen molar-refractivity contribution in [2.75, 3.05) is 25.1 Å². The van der Waals surface area contributed by atoms with E-state index < -0.39 is 34.2 Å². The van der Waals surface area contributed by atoms with Gasteiger partial charge in [0.25, 0.3) is 15.9 Å². The summed E-state index contributed by atoms with van der Waals surface area (Å²) in [6, 6.07) is 19.0. The van der Waals surface area contributed by atoms with Crippen LogP contribution in [0.3, 0.4) is 0 Å². The molecule has 1 heterocycles. The number of anilines is 1. The molecule has 0 spiro atoms. The second-order valence-electron chi connectivity index (χ2n) is 9.33. The van der Waals surface area contributed by atoms with Crippen LogP contribution in [0.25, 0.3) is 5.69 Å². The number of carbonyl (C=O) groups excluding carboxylic acids is 1. The molecular formula is C30H29F3N4O5S. The van der Waals surface area contributed by atoms with Crippen molar-refractivity contribution in [2.24, 2.45) is 5.10 Å². The number of nitrogens with zero attached hydrogens (tertiary/aromatic N) is 3. The summed E-state index contributed by atoms with van der Waals surface area (Å²) in [5.74, 6) is -0.259. The molecule has 1 aromatic heterocycles. The molecule has 13 heteroatoms. The molecule has 0 unspecified atom stereocenters. The van der Waals surface area contributed by atoms with Crippen LogP contribution in [0.4, 0.5) is 18.9 Å². The third-order valence-electron chi connectivity index (χ3n) is 6.59. The van der Waals surface area contributed by atoms with Gasteiger partial charge in [0.1, 0.15) is 18.0 Å². The quantitative estimate of drug-likeness (QED) is 0.188. The van der Waals surface area contributed by atoms with Crippen molar-refractivity contribution >= 4 is 27.8 Å². The number of amides is 1. The highest BCUT2D eigenvalue weighted by Gasteiger charge is 2.34. The van der Waals surface area contributed by atoms with Crippen molar-refractivity contribution in [3.8, 4) is 17.2 Å². The van der Waals surface area contributed by atoms with Crippen molar-refractivity contribution in [3.05, 3.63) is 101 Å². The zero-order chi connectivity index (χ0) is 31.4. The van der Waals surface area contributed by atoms with Crippen molar-refractivity contribution < 1.29 is 35.9 Å². The minimum atomic E-state index is -4.56. The Balaban J connectivity index is 1.63. The Hall–Kier alpha value is -4.78. The molecule has 0 saturated carbocycles. The second kappa shape index (κ2) is 12.6. The Labute approximate surface area is 247 Å². The molecule has 0 aliphatic rings. The van der Waals surface area contributed by atoms with E-state index in [-0.39, 0.29) is 22.0 Å². The number of alkyl halides is 3. The number of hydrogen-bond donors (Lipinski definition) is 1. The molecule has 0 saturated heterocycles. The number of aryl methyl sites for hydroxylation is 1. The summed E-state index contributed by atoms with van der Waals surface area (Å²) in [6.07, 6.45) is -3.27. The predicted octanol–water partition coefficient (Wildman–Crippen LogP) is 5.48. The van der Waals surface area contributed by atoms with Crippen LogP contribution in [0.15, 0.2) is 88.9 Å². The molecule has 1 N–H and O–H groups in total. The summed E-state index contributed by atoms with van der Waals surface area (Å²) in [5, 5.41) is 3.96. The summed E-state index contributed by atoms with van der Waals surface area (Å²) in [4.78, 5) is 13.0. The summed E-state index contributed by atoms with van der Waals surface area (Å²) in [5.41, 5.74) is 2.99. The number of benzene rings is 3. The molecule has 4 rings (SSSR count). The van der Waals surface area contributed by atoms with Gasteiger partial charge in [-0.2, -0.15) is 18.3 Å². The average Bonchev–Trinajstić information content (AvgIpc) is 3.27. The Bertz CT molecular complexity index is 1750. The molecule has 1 amide bonds. The van der Waals surface area contributed by atoms with Crippen LogP contribution in [0.2, 0.25) is 0 Å². The largest absolute Gasteiger partial charge is 0.497 e. The summed E-state index contributed by atoms with van der Waals surface area (Å²) < 4.78 is 81.3. The third-order valence-corrected chi connectivity index (χ3v) is 8.36. The highest BCUT2D eigenvalue weighted by molar-refractivity contribution is 7.92. The van der Waals surface area contributed by atoms with E-state index in [9.17, 15) is 26.4 Å². The smallest absolute Gasteiger partial charge is 0.418 e. The first-order valence-corrected chi connectivity index (χ1v) is 14.3. The van der Waals surface area contributed by atoms with Crippen LogP contribution in [0.5, 0.6) is 11.5 Å². The number of nitrogens with one attached hydrogen (secondary N) is 1. The van der Waals surface area contributed by atoms with Crippen molar-refractivity contribution in [3.63, 3.8) is 0 Å². The van der Waals surface area contributed by atoms with Crippen molar-refractivity contribution in [1.82, 2.24) is 9.99 Å². The molecule has 226 valence electrons. The molecule has 0 radical (unpaired) electrons. The highest BCUT2D eigenvalue weighted by atomic mass is 32.2. The number of hydrazone groups is 1. The number of ether oxygens (including phenoxy) is 2. The first-order chi connectivity index (χ1) is 20.4. The molecule has 0 atom stereocenters. The predicted molar refractivity (Wildman–Crippen MR) is 157 cm³/mol. The number of rotatable bonds is 10. The van der Waals surface area contributed by atoms with E-state index in [0.29, 0.717) is 22.7 Å². The Kier molecular flexibility index (Phi) is 9.14. The van der Waals surface area contributed by atoms with Gasteiger partial charge in [0.15, 0.2) is 0 Å². The van der Waals surface area contributed by atoms with Gasteiger partial charge in [-0.25, -0.2) is 13.8 Å². The lowest BCUT2D eigenvalue weighted by Gasteiger charge is -2.25. The Morgan fingerprint density at radius 3 is 2.30 bits per heavy atom. The number of aromatic nitrogens is 1. The van der Waals surface area contributed by atoms with E-state index in [4.69, 9.17) is 9.47 Å². The fourth-order valence-electron chi connectivity index (χ4n) is 4.55. The van der Waals surface area contributed by atoms with Crippen LogP contribution < -0.4 is 19.2 Å². The van der Waals surface area contributed by atoms with Crippen LogP contribution >= 0.6 is 0 Å². The number of sulfonamides is 1. The van der Waals surface area contributed by atoms with Gasteiger partial charge in [0.2, 0.25) is 0 Å². The zero-order valence-corrected chi connectivity index (χ0v) is 24.5. The monoisotopic (exact) mass is 614 g/mol. The van der Waals surface area contributed by atoms with Crippen molar-refractivity contribution in [2.45, 2.75) is 24.9 Å². The number of halogens is 3. The van der Waals surface area contributed by atoms with Crippen LogP contribution in [0.1, 0.15) is 22.5 Å². The molecule has 0 bridgehead atoms. The third kappa shape index (κ3) is 6.67. The topological polar surface area (TPSA) is 102 Å². The first-order valence-electron chi connectivity index (χ1n) is 12.9. The molecule has 0 fully saturated rings. The lowest BCUT2D eigenvalue weighted by molar-refractivity contribution is -0.137. The lowest BCUT2D eigenvalue weighted by Crippen LogP contribution is -2.39. The van der Waals surface area contributed by atoms with E-state index in [2.05, 4.69) is 10.5 Å². The van der Waals surface area contributed by atoms with Gasteiger partial charge in [-0.3, -0.25) is 9.10 Å². The summed E-state index contributed by atoms with van der Waals surface area (Å²) in [7, 11) is -1.46. The summed E-state index contributed by atoms with van der Waals surface area (Å²) in [6.45, 7) is 2.62. The van der Waals surface area contributed by atoms with Gasteiger partial charge in [-0.15, -0.1) is 0 Å². The zero-order valence-electron chi connectivity index (χ0n) is 23.7. The van der Waals surface area contributed by atoms with E-state index in [1.54, 1.807) is 44.2 Å². The van der Waals surface area contributed by atoms with Gasteiger partial charge < -0.3 is 14.0 Å². The minimum Gasteiger partial charge on any atom is -0.497 e. The van der Waals surface area contributed by atoms with Gasteiger partial charge in [0.05, 0.1) is 42.3 Å². The first kappa shape index (κ1) is 31.2. The highest BCUT2D eigenvalue weighted by Crippen LogP contribution is 2.36. The van der Waals surface area contributed by atoms with Crippen LogP contribution in [0, 0.1) is 13.8 Å². The van der Waals surface area contributed by atoms with E-state index in [1.807, 2.05) is 0 Å². The van der Waals surface area contributed by atoms with Crippen molar-refractivity contribution in [1.29, 1.82) is 0 Å². The van der Waals surface area contributed by atoms with Gasteiger partial charge in [-0.05, 0) is 56.3 Å². The Morgan fingerprint density at radius 2 is 1.65 bits per heavy atom. The average molecular weight is 615 g/mol. The number of para-hydroxylation sites is 1. The molecule has 0 aliphatic carbocycles. The second-order valence-corrected chi connectivity index (χ2v) is 11.2. The molecule has 43 heavy (non-hydrogen) atoms. The van der Waals surface area contributed by atoms with E-state index in [1.165, 1.54) is 67.5 Å². The molecule has 3 aromatic carbocycles. The number of hydrogen-bond acceptors (Lipinski definition) is 6. The minimum absolute atomic E-state index is 0.0392. The van der Waals surface area contributed by atoms with Crippen LogP contribution in [-0.2, 0) is 21.0 Å². The summed E-state index contributed by atoms with van der Waals surface area (Å²) >= 11 is 0. The number of carbonyl (C=O) groups is 1. The van der Waals surface area contributed by atoms with Gasteiger partial charge >= 0.3 is 6.18 Å². The van der Waals surface area contributed by atoms with Gasteiger partial charge in [-0.1, -0.05) is 30.3 Å². The van der Waals surface area contributed by atoms with E-state index in [0.717, 1.165) is 10.4 Å². The standard InChI is InChI=1S/C30H29F3N4O5S/c1-20-16-22(21(2)37(20)26-13-9-8-12-25(26)30(31,32)33)18-34-35-29(38)19-36(43(39,40)24-10-6-5-7-11-24)27-17-23(41-3)14-15-28(27)42-4/h5-18H,19H2,1-4H3,(H,35,38)/b34-18-. The molecule has 4 aromatic rings. The molecule has 0 aliphatic heterocycles. The fourth-order valence-corrected chi connectivity index (χ4v) is 5.99. The lowest BCUT2D eigenvalue weighted by atomic mass is 10.1.